The van der Waals surface area contributed by atoms with E-state index in [1.54, 1.807) is 26.4 Å². The number of ether oxygens (including phenoxy) is 2. The summed E-state index contributed by atoms with van der Waals surface area (Å²) in [5.41, 5.74) is 3.10. The van der Waals surface area contributed by atoms with Crippen LogP contribution < -0.4 is 20.6 Å². The van der Waals surface area contributed by atoms with Gasteiger partial charge < -0.3 is 20.6 Å². The summed E-state index contributed by atoms with van der Waals surface area (Å²) in [6.45, 7) is 6.38. The van der Waals surface area contributed by atoms with Crippen LogP contribution in [-0.4, -0.2) is 40.8 Å². The van der Waals surface area contributed by atoms with Crippen LogP contribution >= 0.6 is 11.8 Å². The maximum absolute atomic E-state index is 12.5. The van der Waals surface area contributed by atoms with E-state index in [2.05, 4.69) is 53.6 Å². The van der Waals surface area contributed by atoms with Gasteiger partial charge in [-0.05, 0) is 48.6 Å². The van der Waals surface area contributed by atoms with E-state index in [1.165, 1.54) is 22.0 Å². The van der Waals surface area contributed by atoms with Crippen LogP contribution in [0.5, 0.6) is 11.5 Å². The third kappa shape index (κ3) is 6.19. The highest BCUT2D eigenvalue weighted by Gasteiger charge is 2.17. The second kappa shape index (κ2) is 11.1. The highest BCUT2D eigenvalue weighted by Crippen LogP contribution is 2.32. The zero-order valence-electron chi connectivity index (χ0n) is 19.7. The van der Waals surface area contributed by atoms with Crippen molar-refractivity contribution >= 4 is 17.7 Å². The summed E-state index contributed by atoms with van der Waals surface area (Å²) in [5, 5.41) is 11.8. The molecule has 1 unspecified atom stereocenters. The molecule has 1 atom stereocenters. The molecule has 3 N–H and O–H groups in total. The van der Waals surface area contributed by atoms with Crippen molar-refractivity contribution in [2.75, 3.05) is 25.8 Å². The van der Waals surface area contributed by atoms with Crippen LogP contribution in [0.25, 0.3) is 11.4 Å². The van der Waals surface area contributed by atoms with Crippen LogP contribution in [0.2, 0.25) is 0 Å². The van der Waals surface area contributed by atoms with E-state index in [9.17, 15) is 4.79 Å². The van der Waals surface area contributed by atoms with Gasteiger partial charge in [0.15, 0.2) is 17.3 Å². The number of benzene rings is 2. The monoisotopic (exact) mass is 469 g/mol. The molecule has 1 amide bonds. The van der Waals surface area contributed by atoms with Crippen molar-refractivity contribution in [3.8, 4) is 22.9 Å². The van der Waals surface area contributed by atoms with E-state index in [-0.39, 0.29) is 17.7 Å². The van der Waals surface area contributed by atoms with E-state index in [4.69, 9.17) is 15.3 Å². The number of methoxy groups -OCH3 is 2. The SMILES string of the molecule is COc1ccc(-c2nnc(SCC(=O)NC(C)c3ccc(CC(C)C)cc3)n2N)cc1OC. The lowest BCUT2D eigenvalue weighted by Crippen LogP contribution is -2.28. The Kier molecular flexibility index (Phi) is 8.21. The quantitative estimate of drug-likeness (QED) is 0.343. The first-order valence-corrected chi connectivity index (χ1v) is 11.7. The summed E-state index contributed by atoms with van der Waals surface area (Å²) in [7, 11) is 3.14. The Labute approximate surface area is 198 Å². The van der Waals surface area contributed by atoms with Crippen LogP contribution in [0.1, 0.15) is 37.9 Å². The van der Waals surface area contributed by atoms with Crippen LogP contribution in [0, 0.1) is 5.92 Å². The number of carbonyl (C=O) groups is 1. The number of rotatable bonds is 10. The molecule has 0 spiro atoms. The third-order valence-electron chi connectivity index (χ3n) is 5.14. The van der Waals surface area contributed by atoms with Crippen molar-refractivity contribution in [1.29, 1.82) is 0 Å². The van der Waals surface area contributed by atoms with Gasteiger partial charge in [-0.3, -0.25) is 4.79 Å². The number of carbonyl (C=O) groups excluding carboxylic acids is 1. The first-order valence-electron chi connectivity index (χ1n) is 10.8. The molecule has 0 saturated heterocycles. The van der Waals surface area contributed by atoms with Crippen molar-refractivity contribution in [2.45, 2.75) is 38.4 Å². The normalized spacial score (nSPS) is 11.9. The van der Waals surface area contributed by atoms with Gasteiger partial charge in [-0.2, -0.15) is 0 Å². The standard InChI is InChI=1S/C24H31N5O3S/c1-15(2)12-17-6-8-18(9-7-17)16(3)26-22(30)14-33-24-28-27-23(29(24)25)19-10-11-20(31-4)21(13-19)32-5/h6-11,13,15-16H,12,14,25H2,1-5H3,(H,26,30). The van der Waals surface area contributed by atoms with Crippen molar-refractivity contribution < 1.29 is 14.3 Å². The molecular formula is C24H31N5O3S. The Balaban J connectivity index is 1.59. The van der Waals surface area contributed by atoms with Crippen LogP contribution in [-0.2, 0) is 11.2 Å². The van der Waals surface area contributed by atoms with Gasteiger partial charge in [0.2, 0.25) is 11.1 Å². The predicted molar refractivity (Wildman–Crippen MR) is 131 cm³/mol. The largest absolute Gasteiger partial charge is 0.493 e. The molecule has 2 aromatic carbocycles. The fourth-order valence-electron chi connectivity index (χ4n) is 3.46. The molecular weight excluding hydrogens is 438 g/mol. The Hall–Kier alpha value is -3.20. The Bertz CT molecular complexity index is 1080. The molecule has 9 heteroatoms. The molecule has 33 heavy (non-hydrogen) atoms. The van der Waals surface area contributed by atoms with E-state index in [0.29, 0.717) is 28.4 Å². The highest BCUT2D eigenvalue weighted by atomic mass is 32.2. The fourth-order valence-corrected chi connectivity index (χ4v) is 4.13. The number of nitrogen functional groups attached to an aromatic ring is 1. The number of amides is 1. The van der Waals surface area contributed by atoms with Gasteiger partial charge in [0.1, 0.15) is 0 Å². The topological polar surface area (TPSA) is 104 Å². The molecule has 176 valence electrons. The zero-order valence-corrected chi connectivity index (χ0v) is 20.5. The summed E-state index contributed by atoms with van der Waals surface area (Å²) in [6.07, 6.45) is 1.04. The molecule has 0 aliphatic carbocycles. The number of hydrogen-bond acceptors (Lipinski definition) is 7. The van der Waals surface area contributed by atoms with Crippen LogP contribution in [0.4, 0.5) is 0 Å². The first kappa shape index (κ1) is 24.4. The lowest BCUT2D eigenvalue weighted by molar-refractivity contribution is -0.119. The summed E-state index contributed by atoms with van der Waals surface area (Å²) in [6, 6.07) is 13.7. The van der Waals surface area contributed by atoms with E-state index in [0.717, 1.165) is 17.5 Å². The number of aromatic nitrogens is 3. The maximum Gasteiger partial charge on any atom is 0.230 e. The first-order chi connectivity index (χ1) is 15.8. The predicted octanol–water partition coefficient (Wildman–Crippen LogP) is 3.84. The van der Waals surface area contributed by atoms with Gasteiger partial charge in [-0.15, -0.1) is 10.2 Å². The minimum atomic E-state index is -0.102. The molecule has 3 aromatic rings. The Morgan fingerprint density at radius 1 is 1.06 bits per heavy atom. The van der Waals surface area contributed by atoms with Crippen LogP contribution in [0.15, 0.2) is 47.6 Å². The number of nitrogens with one attached hydrogen (secondary N) is 1. The van der Waals surface area contributed by atoms with Gasteiger partial charge in [-0.25, -0.2) is 4.68 Å². The lowest BCUT2D eigenvalue weighted by atomic mass is 10.00. The molecule has 0 aliphatic heterocycles. The second-order valence-corrected chi connectivity index (χ2v) is 9.11. The fraction of sp³-hybridized carbons (Fsp3) is 0.375. The average molecular weight is 470 g/mol. The summed E-state index contributed by atoms with van der Waals surface area (Å²) in [4.78, 5) is 12.5. The number of thioether (sulfide) groups is 1. The van der Waals surface area contributed by atoms with E-state index in [1.807, 2.05) is 13.0 Å². The number of nitrogens with zero attached hydrogens (tertiary/aromatic N) is 3. The summed E-state index contributed by atoms with van der Waals surface area (Å²) < 4.78 is 12.0. The Morgan fingerprint density at radius 3 is 2.39 bits per heavy atom. The van der Waals surface area contributed by atoms with Gasteiger partial charge in [-0.1, -0.05) is 49.9 Å². The van der Waals surface area contributed by atoms with Crippen molar-refractivity contribution in [3.05, 3.63) is 53.6 Å². The molecule has 0 saturated carbocycles. The van der Waals surface area contributed by atoms with Crippen LogP contribution in [0.3, 0.4) is 0 Å². The smallest absolute Gasteiger partial charge is 0.230 e. The molecule has 0 aliphatic rings. The van der Waals surface area contributed by atoms with Gasteiger partial charge in [0, 0.05) is 5.56 Å². The molecule has 1 aromatic heterocycles. The Morgan fingerprint density at radius 2 is 1.76 bits per heavy atom. The summed E-state index contributed by atoms with van der Waals surface area (Å²) in [5.74, 6) is 8.52. The maximum atomic E-state index is 12.5. The van der Waals surface area contributed by atoms with Gasteiger partial charge >= 0.3 is 0 Å². The molecule has 0 radical (unpaired) electrons. The summed E-state index contributed by atoms with van der Waals surface area (Å²) >= 11 is 1.23. The van der Waals surface area contributed by atoms with E-state index < -0.39 is 0 Å². The van der Waals surface area contributed by atoms with Crippen molar-refractivity contribution in [3.63, 3.8) is 0 Å². The number of hydrogen-bond donors (Lipinski definition) is 2. The molecule has 0 fully saturated rings. The van der Waals surface area contributed by atoms with Gasteiger partial charge in [0.25, 0.3) is 0 Å². The second-order valence-electron chi connectivity index (χ2n) is 8.16. The van der Waals surface area contributed by atoms with E-state index >= 15 is 0 Å². The minimum absolute atomic E-state index is 0.0933. The number of nitrogens with two attached hydrogens (primary N) is 1. The minimum Gasteiger partial charge on any atom is -0.493 e. The van der Waals surface area contributed by atoms with Crippen molar-refractivity contribution in [1.82, 2.24) is 20.2 Å². The lowest BCUT2D eigenvalue weighted by Gasteiger charge is -2.15. The average Bonchev–Trinajstić information content (AvgIpc) is 3.17. The molecule has 3 rings (SSSR count). The molecule has 1 heterocycles. The third-order valence-corrected chi connectivity index (χ3v) is 6.08. The van der Waals surface area contributed by atoms with Crippen molar-refractivity contribution in [2.24, 2.45) is 5.92 Å². The van der Waals surface area contributed by atoms with Gasteiger partial charge in [0.05, 0.1) is 26.0 Å². The highest BCUT2D eigenvalue weighted by molar-refractivity contribution is 7.99. The zero-order chi connectivity index (χ0) is 24.0. The molecule has 0 bridgehead atoms. The molecule has 8 nitrogen and oxygen atoms in total.